The van der Waals surface area contributed by atoms with Crippen LogP contribution in [-0.4, -0.2) is 19.6 Å². The Kier molecular flexibility index (Phi) is 7.34. The third-order valence-corrected chi connectivity index (χ3v) is 3.96. The molecule has 0 unspecified atom stereocenters. The third-order valence-electron chi connectivity index (χ3n) is 3.63. The first kappa shape index (κ1) is 21.6. The standard InChI is InChI=1S/C20H19ClF3NO3/c1-3-10-28-17-8-4-13(11-18(17)27-2)5-9-19(26)25-16-12-14(20(22,23)24)6-7-15(16)21/h4-9,11-12H,3,10H2,1-2H3,(H,25,26)/b9-5+. The lowest BCUT2D eigenvalue weighted by molar-refractivity contribution is -0.137. The van der Waals surface area contributed by atoms with E-state index in [2.05, 4.69) is 5.32 Å². The van der Waals surface area contributed by atoms with Crippen LogP contribution in [0.1, 0.15) is 24.5 Å². The Morgan fingerprint density at radius 2 is 1.93 bits per heavy atom. The second-order valence-corrected chi connectivity index (χ2v) is 6.18. The number of hydrogen-bond acceptors (Lipinski definition) is 3. The molecule has 0 fully saturated rings. The maximum atomic E-state index is 12.8. The highest BCUT2D eigenvalue weighted by Gasteiger charge is 2.31. The Labute approximate surface area is 165 Å². The molecule has 1 N–H and O–H groups in total. The molecular weight excluding hydrogens is 395 g/mol. The molecule has 8 heteroatoms. The number of halogens is 4. The van der Waals surface area contributed by atoms with Crippen molar-refractivity contribution in [1.29, 1.82) is 0 Å². The lowest BCUT2D eigenvalue weighted by Gasteiger charge is -2.11. The Bertz CT molecular complexity index is 866. The largest absolute Gasteiger partial charge is 0.493 e. The molecule has 0 heterocycles. The molecule has 1 amide bonds. The maximum Gasteiger partial charge on any atom is 0.416 e. The number of ether oxygens (including phenoxy) is 2. The summed E-state index contributed by atoms with van der Waals surface area (Å²) in [5.41, 5.74) is -0.360. The zero-order chi connectivity index (χ0) is 20.7. The smallest absolute Gasteiger partial charge is 0.416 e. The van der Waals surface area contributed by atoms with Gasteiger partial charge in [-0.05, 0) is 48.4 Å². The van der Waals surface area contributed by atoms with Crippen molar-refractivity contribution >= 4 is 29.3 Å². The summed E-state index contributed by atoms with van der Waals surface area (Å²) in [6.07, 6.45) is -0.984. The molecule has 0 saturated carbocycles. The maximum absolute atomic E-state index is 12.8. The lowest BCUT2D eigenvalue weighted by atomic mass is 10.1. The molecule has 0 spiro atoms. The summed E-state index contributed by atoms with van der Waals surface area (Å²) in [4.78, 5) is 12.1. The number of alkyl halides is 3. The summed E-state index contributed by atoms with van der Waals surface area (Å²) < 4.78 is 49.2. The molecule has 0 aliphatic heterocycles. The van der Waals surface area contributed by atoms with Gasteiger partial charge >= 0.3 is 6.18 Å². The number of anilines is 1. The van der Waals surface area contributed by atoms with Crippen molar-refractivity contribution in [3.63, 3.8) is 0 Å². The van der Waals surface area contributed by atoms with Crippen LogP contribution < -0.4 is 14.8 Å². The molecule has 2 rings (SSSR count). The van der Waals surface area contributed by atoms with Crippen molar-refractivity contribution in [2.45, 2.75) is 19.5 Å². The van der Waals surface area contributed by atoms with Gasteiger partial charge in [-0.25, -0.2) is 0 Å². The molecule has 28 heavy (non-hydrogen) atoms. The fraction of sp³-hybridized carbons (Fsp3) is 0.250. The Morgan fingerprint density at radius 1 is 1.18 bits per heavy atom. The van der Waals surface area contributed by atoms with Gasteiger partial charge in [-0.1, -0.05) is 24.6 Å². The molecule has 0 aromatic heterocycles. The summed E-state index contributed by atoms with van der Waals surface area (Å²) in [5, 5.41) is 2.36. The van der Waals surface area contributed by atoms with Crippen LogP contribution in [0.2, 0.25) is 5.02 Å². The molecule has 0 radical (unpaired) electrons. The second kappa shape index (κ2) is 9.50. The zero-order valence-corrected chi connectivity index (χ0v) is 16.0. The van der Waals surface area contributed by atoms with Gasteiger partial charge in [0.2, 0.25) is 5.91 Å². The minimum Gasteiger partial charge on any atom is -0.493 e. The molecule has 0 saturated heterocycles. The molecule has 150 valence electrons. The average Bonchev–Trinajstić information content (AvgIpc) is 2.65. The van der Waals surface area contributed by atoms with Crippen LogP contribution in [-0.2, 0) is 11.0 Å². The SMILES string of the molecule is CCCOc1ccc(/C=C/C(=O)Nc2cc(C(F)(F)F)ccc2Cl)cc1OC. The van der Waals surface area contributed by atoms with E-state index in [9.17, 15) is 18.0 Å². The first-order valence-corrected chi connectivity index (χ1v) is 8.79. The molecular formula is C20H19ClF3NO3. The van der Waals surface area contributed by atoms with Gasteiger partial charge < -0.3 is 14.8 Å². The predicted octanol–water partition coefficient (Wildman–Crippen LogP) is 5.81. The van der Waals surface area contributed by atoms with Gasteiger partial charge in [0.25, 0.3) is 0 Å². The molecule has 0 aliphatic carbocycles. The van der Waals surface area contributed by atoms with Crippen LogP contribution in [0.5, 0.6) is 11.5 Å². The summed E-state index contributed by atoms with van der Waals surface area (Å²) in [6.45, 7) is 2.53. The monoisotopic (exact) mass is 413 g/mol. The molecule has 2 aromatic carbocycles. The Hall–Kier alpha value is -2.67. The van der Waals surface area contributed by atoms with Gasteiger partial charge in [-0.15, -0.1) is 0 Å². The number of hydrogen-bond donors (Lipinski definition) is 1. The number of benzene rings is 2. The van der Waals surface area contributed by atoms with E-state index in [0.717, 1.165) is 24.6 Å². The lowest BCUT2D eigenvalue weighted by Crippen LogP contribution is -2.11. The second-order valence-electron chi connectivity index (χ2n) is 5.77. The first-order chi connectivity index (χ1) is 13.2. The minimum absolute atomic E-state index is 0.00819. The fourth-order valence-corrected chi connectivity index (χ4v) is 2.43. The fourth-order valence-electron chi connectivity index (χ4n) is 2.26. The number of amides is 1. The highest BCUT2D eigenvalue weighted by molar-refractivity contribution is 6.33. The third kappa shape index (κ3) is 5.92. The van der Waals surface area contributed by atoms with Crippen LogP contribution in [0.15, 0.2) is 42.5 Å². The highest BCUT2D eigenvalue weighted by atomic mass is 35.5. The molecule has 0 bridgehead atoms. The van der Waals surface area contributed by atoms with Crippen molar-refractivity contribution in [2.75, 3.05) is 19.0 Å². The van der Waals surface area contributed by atoms with Gasteiger partial charge in [0.15, 0.2) is 11.5 Å². The van der Waals surface area contributed by atoms with Crippen molar-refractivity contribution in [3.8, 4) is 11.5 Å². The van der Waals surface area contributed by atoms with Gasteiger partial charge in [0.1, 0.15) is 0 Å². The Morgan fingerprint density at radius 3 is 2.57 bits per heavy atom. The summed E-state index contributed by atoms with van der Waals surface area (Å²) in [7, 11) is 1.50. The predicted molar refractivity (Wildman–Crippen MR) is 103 cm³/mol. The molecule has 2 aromatic rings. The summed E-state index contributed by atoms with van der Waals surface area (Å²) >= 11 is 5.87. The quantitative estimate of drug-likeness (QED) is 0.583. The van der Waals surface area contributed by atoms with Gasteiger partial charge in [0, 0.05) is 6.08 Å². The number of nitrogens with one attached hydrogen (secondary N) is 1. The van der Waals surface area contributed by atoms with E-state index in [1.165, 1.54) is 19.3 Å². The van der Waals surface area contributed by atoms with E-state index >= 15 is 0 Å². The summed E-state index contributed by atoms with van der Waals surface area (Å²) in [5.74, 6) is 0.477. The Balaban J connectivity index is 2.12. The van der Waals surface area contributed by atoms with Crippen molar-refractivity contribution in [3.05, 3.63) is 58.6 Å². The van der Waals surface area contributed by atoms with E-state index in [0.29, 0.717) is 23.7 Å². The van der Waals surface area contributed by atoms with Crippen LogP contribution >= 0.6 is 11.6 Å². The van der Waals surface area contributed by atoms with E-state index in [1.807, 2.05) is 6.92 Å². The van der Waals surface area contributed by atoms with Gasteiger partial charge in [-0.3, -0.25) is 4.79 Å². The van der Waals surface area contributed by atoms with Crippen LogP contribution in [0.4, 0.5) is 18.9 Å². The minimum atomic E-state index is -4.53. The van der Waals surface area contributed by atoms with E-state index in [4.69, 9.17) is 21.1 Å². The number of rotatable bonds is 7. The van der Waals surface area contributed by atoms with Gasteiger partial charge in [0.05, 0.1) is 30.0 Å². The number of carbonyl (C=O) groups is 1. The van der Waals surface area contributed by atoms with E-state index in [-0.39, 0.29) is 10.7 Å². The van der Waals surface area contributed by atoms with E-state index < -0.39 is 17.6 Å². The summed E-state index contributed by atoms with van der Waals surface area (Å²) in [6, 6.07) is 7.86. The van der Waals surface area contributed by atoms with Crippen LogP contribution in [0.3, 0.4) is 0 Å². The molecule has 4 nitrogen and oxygen atoms in total. The molecule has 0 atom stereocenters. The van der Waals surface area contributed by atoms with Crippen molar-refractivity contribution < 1.29 is 27.4 Å². The normalized spacial score (nSPS) is 11.5. The molecule has 0 aliphatic rings. The topological polar surface area (TPSA) is 47.6 Å². The first-order valence-electron chi connectivity index (χ1n) is 8.41. The van der Waals surface area contributed by atoms with Crippen LogP contribution in [0, 0.1) is 0 Å². The average molecular weight is 414 g/mol. The van der Waals surface area contributed by atoms with E-state index in [1.54, 1.807) is 18.2 Å². The zero-order valence-electron chi connectivity index (χ0n) is 15.3. The number of carbonyl (C=O) groups excluding carboxylic acids is 1. The van der Waals surface area contributed by atoms with Gasteiger partial charge in [-0.2, -0.15) is 13.2 Å². The number of methoxy groups -OCH3 is 1. The van der Waals surface area contributed by atoms with Crippen LogP contribution in [0.25, 0.3) is 6.08 Å². The van der Waals surface area contributed by atoms with Crippen molar-refractivity contribution in [1.82, 2.24) is 0 Å². The van der Waals surface area contributed by atoms with Crippen molar-refractivity contribution in [2.24, 2.45) is 0 Å². The highest BCUT2D eigenvalue weighted by Crippen LogP contribution is 2.34.